The Labute approximate surface area is 132 Å². The first-order chi connectivity index (χ1) is 11.0. The molecule has 0 fully saturated rings. The summed E-state index contributed by atoms with van der Waals surface area (Å²) in [7, 11) is 0. The average molecular weight is 315 g/mol. The minimum Gasteiger partial charge on any atom is -0.368 e. The van der Waals surface area contributed by atoms with Gasteiger partial charge >= 0.3 is 0 Å². The Kier molecular flexibility index (Phi) is 5.03. The van der Waals surface area contributed by atoms with Gasteiger partial charge in [0.2, 0.25) is 5.91 Å². The van der Waals surface area contributed by atoms with Crippen molar-refractivity contribution in [3.63, 3.8) is 0 Å². The topological polar surface area (TPSA) is 149 Å². The van der Waals surface area contributed by atoms with E-state index in [2.05, 4.69) is 25.6 Å². The van der Waals surface area contributed by atoms with E-state index < -0.39 is 17.9 Å². The smallest absolute Gasteiger partial charge is 0.271 e. The van der Waals surface area contributed by atoms with Gasteiger partial charge in [-0.3, -0.25) is 14.6 Å². The average Bonchev–Trinajstić information content (AvgIpc) is 2.53. The second-order valence-electron chi connectivity index (χ2n) is 4.69. The lowest BCUT2D eigenvalue weighted by Gasteiger charge is -2.15. The van der Waals surface area contributed by atoms with Gasteiger partial charge in [0.15, 0.2) is 11.5 Å². The van der Waals surface area contributed by atoms with E-state index in [-0.39, 0.29) is 11.5 Å². The molecule has 2 rings (SSSR count). The number of aromatic nitrogens is 3. The predicted molar refractivity (Wildman–Crippen MR) is 85.0 cm³/mol. The molecule has 2 heterocycles. The zero-order valence-electron chi connectivity index (χ0n) is 12.5. The van der Waals surface area contributed by atoms with Gasteiger partial charge < -0.3 is 22.1 Å². The Balaban J connectivity index is 2.32. The fraction of sp³-hybridized carbons (Fsp3) is 0.214. The number of hydrogen-bond acceptors (Lipinski definition) is 7. The van der Waals surface area contributed by atoms with Gasteiger partial charge in [-0.05, 0) is 18.6 Å². The van der Waals surface area contributed by atoms with E-state index in [0.29, 0.717) is 17.9 Å². The van der Waals surface area contributed by atoms with Crippen LogP contribution in [0.5, 0.6) is 0 Å². The molecule has 0 unspecified atom stereocenters. The first-order valence-corrected chi connectivity index (χ1v) is 6.91. The highest BCUT2D eigenvalue weighted by molar-refractivity contribution is 5.96. The van der Waals surface area contributed by atoms with Crippen LogP contribution in [0.1, 0.15) is 23.8 Å². The number of amides is 2. The summed E-state index contributed by atoms with van der Waals surface area (Å²) in [5, 5.41) is 5.79. The van der Waals surface area contributed by atoms with Crippen LogP contribution < -0.4 is 22.1 Å². The van der Waals surface area contributed by atoms with E-state index >= 15 is 0 Å². The summed E-state index contributed by atoms with van der Waals surface area (Å²) in [6.07, 6.45) is 4.98. The van der Waals surface area contributed by atoms with Gasteiger partial charge in [0, 0.05) is 6.20 Å². The molecular formula is C14H17N7O2. The molecule has 0 aliphatic rings. The monoisotopic (exact) mass is 315 g/mol. The molecule has 0 aliphatic carbocycles. The molecule has 9 nitrogen and oxygen atoms in total. The summed E-state index contributed by atoms with van der Waals surface area (Å²) in [5.74, 6) is -0.769. The Morgan fingerprint density at radius 1 is 1.30 bits per heavy atom. The summed E-state index contributed by atoms with van der Waals surface area (Å²) in [6.45, 7) is 1.81. The highest BCUT2D eigenvalue weighted by atomic mass is 16.1. The van der Waals surface area contributed by atoms with Crippen LogP contribution in [0.25, 0.3) is 0 Å². The number of anilines is 3. The second kappa shape index (κ2) is 7.16. The van der Waals surface area contributed by atoms with Crippen molar-refractivity contribution in [1.82, 2.24) is 15.0 Å². The first kappa shape index (κ1) is 16.1. The SMILES string of the molecule is CC[C@@H](Nc1cnc(C(N)=O)c(Nc2cccnc2)n1)C(N)=O. The fourth-order valence-corrected chi connectivity index (χ4v) is 1.85. The van der Waals surface area contributed by atoms with E-state index in [9.17, 15) is 9.59 Å². The second-order valence-corrected chi connectivity index (χ2v) is 4.69. The van der Waals surface area contributed by atoms with Crippen LogP contribution in [-0.2, 0) is 4.79 Å². The molecule has 0 bridgehead atoms. The molecule has 0 spiro atoms. The van der Waals surface area contributed by atoms with E-state index in [4.69, 9.17) is 11.5 Å². The molecule has 6 N–H and O–H groups in total. The Bertz CT molecular complexity index is 706. The summed E-state index contributed by atoms with van der Waals surface area (Å²) in [5.41, 5.74) is 11.2. The summed E-state index contributed by atoms with van der Waals surface area (Å²) in [4.78, 5) is 35.0. The lowest BCUT2D eigenvalue weighted by atomic mass is 10.2. The van der Waals surface area contributed by atoms with E-state index in [1.807, 2.05) is 6.92 Å². The van der Waals surface area contributed by atoms with Gasteiger partial charge in [0.1, 0.15) is 11.9 Å². The Morgan fingerprint density at radius 3 is 2.65 bits per heavy atom. The molecular weight excluding hydrogens is 298 g/mol. The third kappa shape index (κ3) is 4.13. The van der Waals surface area contributed by atoms with Gasteiger partial charge in [-0.25, -0.2) is 9.97 Å². The number of nitrogens with one attached hydrogen (secondary N) is 2. The molecule has 0 saturated heterocycles. The number of hydrogen-bond donors (Lipinski definition) is 4. The standard InChI is InChI=1S/C14H17N7O2/c1-2-9(12(15)22)20-10-7-18-11(13(16)23)14(21-10)19-8-4-3-5-17-6-8/h3-7,9H,2H2,1H3,(H2,15,22)(H2,16,23)(H2,19,20,21)/t9-/m1/s1. The van der Waals surface area contributed by atoms with Crippen LogP contribution in [0.2, 0.25) is 0 Å². The van der Waals surface area contributed by atoms with Crippen LogP contribution in [0.15, 0.2) is 30.7 Å². The summed E-state index contributed by atoms with van der Waals surface area (Å²) < 4.78 is 0. The fourth-order valence-electron chi connectivity index (χ4n) is 1.85. The number of nitrogens with zero attached hydrogens (tertiary/aromatic N) is 3. The molecule has 2 aromatic rings. The quantitative estimate of drug-likeness (QED) is 0.577. The highest BCUT2D eigenvalue weighted by Crippen LogP contribution is 2.19. The number of nitrogens with two attached hydrogens (primary N) is 2. The number of primary amides is 2. The largest absolute Gasteiger partial charge is 0.368 e. The number of carbonyl (C=O) groups is 2. The number of carbonyl (C=O) groups excluding carboxylic acids is 2. The maximum atomic E-state index is 11.5. The van der Waals surface area contributed by atoms with Crippen LogP contribution >= 0.6 is 0 Å². The molecule has 2 amide bonds. The lowest BCUT2D eigenvalue weighted by molar-refractivity contribution is -0.118. The maximum absolute atomic E-state index is 11.5. The van der Waals surface area contributed by atoms with E-state index in [0.717, 1.165) is 0 Å². The Hall–Kier alpha value is -3.23. The van der Waals surface area contributed by atoms with Crippen molar-refractivity contribution in [2.24, 2.45) is 11.5 Å². The van der Waals surface area contributed by atoms with Gasteiger partial charge in [0.05, 0.1) is 18.1 Å². The van der Waals surface area contributed by atoms with Crippen molar-refractivity contribution >= 4 is 29.1 Å². The third-order valence-corrected chi connectivity index (χ3v) is 3.00. The minimum atomic E-state index is -0.725. The van der Waals surface area contributed by atoms with Crippen LogP contribution in [0.4, 0.5) is 17.3 Å². The van der Waals surface area contributed by atoms with Gasteiger partial charge in [0.25, 0.3) is 5.91 Å². The molecule has 2 aromatic heterocycles. The molecule has 120 valence electrons. The van der Waals surface area contributed by atoms with Crippen molar-refractivity contribution in [1.29, 1.82) is 0 Å². The van der Waals surface area contributed by atoms with Crippen molar-refractivity contribution in [2.75, 3.05) is 10.6 Å². The van der Waals surface area contributed by atoms with Gasteiger partial charge in [-0.15, -0.1) is 0 Å². The molecule has 0 aromatic carbocycles. The zero-order chi connectivity index (χ0) is 16.8. The lowest BCUT2D eigenvalue weighted by Crippen LogP contribution is -2.35. The van der Waals surface area contributed by atoms with Crippen LogP contribution in [0, 0.1) is 0 Å². The van der Waals surface area contributed by atoms with Crippen LogP contribution in [-0.4, -0.2) is 32.8 Å². The van der Waals surface area contributed by atoms with Crippen LogP contribution in [0.3, 0.4) is 0 Å². The van der Waals surface area contributed by atoms with Gasteiger partial charge in [-0.1, -0.05) is 6.92 Å². The zero-order valence-corrected chi connectivity index (χ0v) is 12.5. The minimum absolute atomic E-state index is 0.0217. The number of pyridine rings is 1. The van der Waals surface area contributed by atoms with E-state index in [1.165, 1.54) is 6.20 Å². The van der Waals surface area contributed by atoms with Crippen molar-refractivity contribution in [3.05, 3.63) is 36.4 Å². The summed E-state index contributed by atoms with van der Waals surface area (Å²) in [6, 6.07) is 2.88. The normalized spacial score (nSPS) is 11.5. The van der Waals surface area contributed by atoms with Crippen molar-refractivity contribution in [3.8, 4) is 0 Å². The van der Waals surface area contributed by atoms with Crippen molar-refractivity contribution < 1.29 is 9.59 Å². The Morgan fingerprint density at radius 2 is 2.09 bits per heavy atom. The highest BCUT2D eigenvalue weighted by Gasteiger charge is 2.17. The number of rotatable bonds is 7. The van der Waals surface area contributed by atoms with Crippen molar-refractivity contribution in [2.45, 2.75) is 19.4 Å². The molecule has 1 atom stereocenters. The molecule has 9 heteroatoms. The van der Waals surface area contributed by atoms with E-state index in [1.54, 1.807) is 24.5 Å². The first-order valence-electron chi connectivity index (χ1n) is 6.91. The molecule has 0 aliphatic heterocycles. The summed E-state index contributed by atoms with van der Waals surface area (Å²) >= 11 is 0. The third-order valence-electron chi connectivity index (χ3n) is 3.00. The maximum Gasteiger partial charge on any atom is 0.271 e. The molecule has 0 saturated carbocycles. The molecule has 0 radical (unpaired) electrons. The van der Waals surface area contributed by atoms with Gasteiger partial charge in [-0.2, -0.15) is 0 Å². The predicted octanol–water partition coefficient (Wildman–Crippen LogP) is 0.390. The molecule has 23 heavy (non-hydrogen) atoms.